The van der Waals surface area contributed by atoms with Gasteiger partial charge in [-0.1, -0.05) is 29.9 Å². The van der Waals surface area contributed by atoms with E-state index in [1.807, 2.05) is 12.1 Å². The third kappa shape index (κ3) is 4.28. The maximum absolute atomic E-state index is 12.4. The van der Waals surface area contributed by atoms with Gasteiger partial charge in [0.05, 0.1) is 20.8 Å². The monoisotopic (exact) mass is 485 g/mol. The van der Waals surface area contributed by atoms with Gasteiger partial charge in [-0.2, -0.15) is 0 Å². The van der Waals surface area contributed by atoms with Gasteiger partial charge in [-0.25, -0.2) is 4.98 Å². The molecule has 0 fully saturated rings. The maximum atomic E-state index is 12.4. The minimum Gasteiger partial charge on any atom is -0.322 e. The van der Waals surface area contributed by atoms with Gasteiger partial charge in [0.1, 0.15) is 0 Å². The number of hydrogen-bond donors (Lipinski definition) is 2. The molecule has 3 rings (SSSR count). The first-order chi connectivity index (χ1) is 12.0. The van der Waals surface area contributed by atoms with Gasteiger partial charge in [-0.15, -0.1) is 0 Å². The van der Waals surface area contributed by atoms with Gasteiger partial charge in [0, 0.05) is 15.7 Å². The second-order valence-corrected chi connectivity index (χ2v) is 7.87. The highest BCUT2D eigenvalue weighted by Gasteiger charge is 2.12. The Kier molecular flexibility index (Phi) is 5.55. The van der Waals surface area contributed by atoms with Crippen molar-refractivity contribution in [3.05, 3.63) is 50.6 Å². The van der Waals surface area contributed by atoms with E-state index in [1.54, 1.807) is 31.2 Å². The molecule has 2 amide bonds. The highest BCUT2D eigenvalue weighted by atomic mass is 127. The first-order valence-electron chi connectivity index (χ1n) is 7.43. The maximum Gasteiger partial charge on any atom is 0.257 e. The number of carbonyl (C=O) groups excluding carboxylic acids is 2. The summed E-state index contributed by atoms with van der Waals surface area (Å²) in [5.74, 6) is -0.354. The smallest absolute Gasteiger partial charge is 0.257 e. The van der Waals surface area contributed by atoms with Crippen LogP contribution in [0, 0.1) is 3.57 Å². The SMILES string of the molecule is CCC(=O)Nc1nc2ccc(NC(=O)c3cc(I)ccc3Cl)cc2s1. The van der Waals surface area contributed by atoms with Crippen molar-refractivity contribution in [3.63, 3.8) is 0 Å². The Bertz CT molecular complexity index is 974. The van der Waals surface area contributed by atoms with E-state index >= 15 is 0 Å². The van der Waals surface area contributed by atoms with Crippen LogP contribution >= 0.6 is 45.5 Å². The van der Waals surface area contributed by atoms with E-state index in [4.69, 9.17) is 11.6 Å². The lowest BCUT2D eigenvalue weighted by Gasteiger charge is -2.07. The molecule has 2 aromatic carbocycles. The van der Waals surface area contributed by atoms with Gasteiger partial charge in [0.2, 0.25) is 5.91 Å². The number of aromatic nitrogens is 1. The summed E-state index contributed by atoms with van der Waals surface area (Å²) in [5.41, 5.74) is 1.83. The van der Waals surface area contributed by atoms with E-state index in [0.29, 0.717) is 27.8 Å². The molecule has 128 valence electrons. The summed E-state index contributed by atoms with van der Waals surface area (Å²) in [6.45, 7) is 1.78. The molecule has 8 heteroatoms. The molecule has 0 saturated carbocycles. The first-order valence-corrected chi connectivity index (χ1v) is 9.70. The number of amides is 2. The molecule has 1 heterocycles. The van der Waals surface area contributed by atoms with Crippen LogP contribution in [0.4, 0.5) is 10.8 Å². The quantitative estimate of drug-likeness (QED) is 0.502. The standard InChI is InChI=1S/C17H13ClIN3O2S/c1-2-15(23)22-17-21-13-6-4-10(8-14(13)25-17)20-16(24)11-7-9(19)3-5-12(11)18/h3-8H,2H2,1H3,(H,20,24)(H,21,22,23). The number of hydrogen-bond acceptors (Lipinski definition) is 4. The van der Waals surface area contributed by atoms with Crippen molar-refractivity contribution < 1.29 is 9.59 Å². The summed E-state index contributed by atoms with van der Waals surface area (Å²) in [4.78, 5) is 28.3. The van der Waals surface area contributed by atoms with E-state index in [9.17, 15) is 9.59 Å². The van der Waals surface area contributed by atoms with Gasteiger partial charge in [-0.05, 0) is 59.0 Å². The summed E-state index contributed by atoms with van der Waals surface area (Å²) in [6.07, 6.45) is 0.397. The molecular formula is C17H13ClIN3O2S. The second kappa shape index (κ2) is 7.67. The van der Waals surface area contributed by atoms with E-state index in [2.05, 4.69) is 38.2 Å². The molecule has 0 spiro atoms. The molecule has 0 unspecified atom stereocenters. The van der Waals surface area contributed by atoms with Crippen LogP contribution < -0.4 is 10.6 Å². The molecule has 2 N–H and O–H groups in total. The van der Waals surface area contributed by atoms with Crippen molar-refractivity contribution in [2.24, 2.45) is 0 Å². The van der Waals surface area contributed by atoms with Crippen LogP contribution in [-0.4, -0.2) is 16.8 Å². The Morgan fingerprint density at radius 1 is 1.20 bits per heavy atom. The Morgan fingerprint density at radius 2 is 2.00 bits per heavy atom. The molecule has 25 heavy (non-hydrogen) atoms. The lowest BCUT2D eigenvalue weighted by atomic mass is 10.2. The van der Waals surface area contributed by atoms with Crippen LogP contribution in [0.2, 0.25) is 5.02 Å². The Balaban J connectivity index is 1.83. The van der Waals surface area contributed by atoms with Crippen molar-refractivity contribution in [1.82, 2.24) is 4.98 Å². The Labute approximate surface area is 166 Å². The highest BCUT2D eigenvalue weighted by molar-refractivity contribution is 14.1. The summed E-state index contributed by atoms with van der Waals surface area (Å²) < 4.78 is 1.80. The van der Waals surface area contributed by atoms with Crippen molar-refractivity contribution in [2.75, 3.05) is 10.6 Å². The molecule has 5 nitrogen and oxygen atoms in total. The number of halogens is 2. The third-order valence-electron chi connectivity index (χ3n) is 3.39. The zero-order valence-corrected chi connectivity index (χ0v) is 16.8. The van der Waals surface area contributed by atoms with Crippen LogP contribution in [-0.2, 0) is 4.79 Å². The molecule has 0 bridgehead atoms. The lowest BCUT2D eigenvalue weighted by molar-refractivity contribution is -0.115. The second-order valence-electron chi connectivity index (χ2n) is 5.18. The Hall–Kier alpha value is -1.71. The van der Waals surface area contributed by atoms with E-state index in [0.717, 1.165) is 13.8 Å². The topological polar surface area (TPSA) is 71.1 Å². The van der Waals surface area contributed by atoms with Gasteiger partial charge < -0.3 is 10.6 Å². The summed E-state index contributed by atoms with van der Waals surface area (Å²) in [7, 11) is 0. The summed E-state index contributed by atoms with van der Waals surface area (Å²) in [5, 5.41) is 6.54. The van der Waals surface area contributed by atoms with Crippen LogP contribution in [0.5, 0.6) is 0 Å². The molecule has 0 aliphatic heterocycles. The lowest BCUT2D eigenvalue weighted by Crippen LogP contribution is -2.12. The fourth-order valence-electron chi connectivity index (χ4n) is 2.13. The zero-order valence-electron chi connectivity index (χ0n) is 13.1. The first kappa shape index (κ1) is 18.1. The number of rotatable bonds is 4. The predicted octanol–water partition coefficient (Wildman–Crippen LogP) is 5.16. The summed E-state index contributed by atoms with van der Waals surface area (Å²) >= 11 is 9.60. The predicted molar refractivity (Wildman–Crippen MR) is 111 cm³/mol. The fourth-order valence-corrected chi connectivity index (χ4v) is 3.75. The number of benzene rings is 2. The number of nitrogens with one attached hydrogen (secondary N) is 2. The van der Waals surface area contributed by atoms with Crippen LogP contribution in [0.25, 0.3) is 10.2 Å². The van der Waals surface area contributed by atoms with Crippen LogP contribution in [0.15, 0.2) is 36.4 Å². The molecule has 3 aromatic rings. The molecule has 0 atom stereocenters. The van der Waals surface area contributed by atoms with Crippen molar-refractivity contribution >= 4 is 78.4 Å². The number of thiazole rings is 1. The van der Waals surface area contributed by atoms with Crippen LogP contribution in [0.1, 0.15) is 23.7 Å². The van der Waals surface area contributed by atoms with Crippen LogP contribution in [0.3, 0.4) is 0 Å². The average molecular weight is 486 g/mol. The normalized spacial score (nSPS) is 10.7. The minimum atomic E-state index is -0.271. The fraction of sp³-hybridized carbons (Fsp3) is 0.118. The number of anilines is 2. The summed E-state index contributed by atoms with van der Waals surface area (Å²) in [6, 6.07) is 10.7. The highest BCUT2D eigenvalue weighted by Crippen LogP contribution is 2.29. The zero-order chi connectivity index (χ0) is 18.0. The van der Waals surface area contributed by atoms with Gasteiger partial charge in [0.15, 0.2) is 5.13 Å². The van der Waals surface area contributed by atoms with E-state index in [-0.39, 0.29) is 11.8 Å². The minimum absolute atomic E-state index is 0.0825. The molecule has 0 saturated heterocycles. The van der Waals surface area contributed by atoms with Crippen molar-refractivity contribution in [2.45, 2.75) is 13.3 Å². The number of carbonyl (C=O) groups is 2. The van der Waals surface area contributed by atoms with Gasteiger partial charge >= 0.3 is 0 Å². The average Bonchev–Trinajstić information content (AvgIpc) is 2.98. The van der Waals surface area contributed by atoms with Crippen molar-refractivity contribution in [1.29, 1.82) is 0 Å². The number of fused-ring (bicyclic) bond motifs is 1. The van der Waals surface area contributed by atoms with Gasteiger partial charge in [-0.3, -0.25) is 9.59 Å². The number of nitrogens with zero attached hydrogens (tertiary/aromatic N) is 1. The van der Waals surface area contributed by atoms with Crippen molar-refractivity contribution in [3.8, 4) is 0 Å². The molecule has 1 aromatic heterocycles. The molecular weight excluding hydrogens is 473 g/mol. The Morgan fingerprint density at radius 3 is 2.76 bits per heavy atom. The van der Waals surface area contributed by atoms with E-state index in [1.165, 1.54) is 11.3 Å². The van der Waals surface area contributed by atoms with Gasteiger partial charge in [0.25, 0.3) is 5.91 Å². The third-order valence-corrected chi connectivity index (χ3v) is 5.32. The molecule has 0 aliphatic rings. The molecule has 0 radical (unpaired) electrons. The van der Waals surface area contributed by atoms with E-state index < -0.39 is 0 Å². The molecule has 0 aliphatic carbocycles. The largest absolute Gasteiger partial charge is 0.322 e.